The SMILES string of the molecule is CCOC(=O)C(CN(C)C)C(=O)OCC. The molecule has 0 amide bonds. The maximum absolute atomic E-state index is 11.4. The van der Waals surface area contributed by atoms with E-state index in [1.165, 1.54) is 0 Å². The number of hydrogen-bond acceptors (Lipinski definition) is 5. The summed E-state index contributed by atoms with van der Waals surface area (Å²) in [5.74, 6) is -1.89. The maximum atomic E-state index is 11.4. The Morgan fingerprint density at radius 1 is 1.07 bits per heavy atom. The average molecular weight is 217 g/mol. The molecule has 0 saturated carbocycles. The van der Waals surface area contributed by atoms with Crippen LogP contribution < -0.4 is 0 Å². The van der Waals surface area contributed by atoms with Crippen molar-refractivity contribution in [3.63, 3.8) is 0 Å². The number of carbonyl (C=O) groups is 2. The molecule has 0 atom stereocenters. The van der Waals surface area contributed by atoms with Crippen LogP contribution in [0.5, 0.6) is 0 Å². The Balaban J connectivity index is 4.42. The van der Waals surface area contributed by atoms with Crippen molar-refractivity contribution in [1.82, 2.24) is 4.90 Å². The first kappa shape index (κ1) is 13.9. The van der Waals surface area contributed by atoms with E-state index >= 15 is 0 Å². The molecular weight excluding hydrogens is 198 g/mol. The zero-order valence-electron chi connectivity index (χ0n) is 9.78. The lowest BCUT2D eigenvalue weighted by molar-refractivity contribution is -0.162. The number of rotatable bonds is 6. The largest absolute Gasteiger partial charge is 0.465 e. The minimum Gasteiger partial charge on any atom is -0.465 e. The predicted molar refractivity (Wildman–Crippen MR) is 55.3 cm³/mol. The summed E-state index contributed by atoms with van der Waals surface area (Å²) < 4.78 is 9.61. The third-order valence-electron chi connectivity index (χ3n) is 1.69. The highest BCUT2D eigenvalue weighted by atomic mass is 16.6. The monoisotopic (exact) mass is 217 g/mol. The van der Waals surface area contributed by atoms with Crippen molar-refractivity contribution >= 4 is 11.9 Å². The first-order valence-corrected chi connectivity index (χ1v) is 5.00. The van der Waals surface area contributed by atoms with Crippen molar-refractivity contribution in [2.45, 2.75) is 13.8 Å². The van der Waals surface area contributed by atoms with Gasteiger partial charge in [0.05, 0.1) is 13.2 Å². The van der Waals surface area contributed by atoms with Crippen LogP contribution in [0.2, 0.25) is 0 Å². The fourth-order valence-corrected chi connectivity index (χ4v) is 1.10. The Hall–Kier alpha value is -1.10. The highest BCUT2D eigenvalue weighted by molar-refractivity contribution is 5.95. The molecule has 88 valence electrons. The van der Waals surface area contributed by atoms with E-state index in [0.717, 1.165) is 0 Å². The zero-order valence-corrected chi connectivity index (χ0v) is 9.78. The van der Waals surface area contributed by atoms with E-state index in [-0.39, 0.29) is 13.2 Å². The van der Waals surface area contributed by atoms with E-state index in [9.17, 15) is 9.59 Å². The lowest BCUT2D eigenvalue weighted by atomic mass is 10.1. The van der Waals surface area contributed by atoms with Crippen molar-refractivity contribution in [2.75, 3.05) is 33.9 Å². The first-order chi connectivity index (χ1) is 7.02. The van der Waals surface area contributed by atoms with Gasteiger partial charge in [-0.15, -0.1) is 0 Å². The number of nitrogens with zero attached hydrogens (tertiary/aromatic N) is 1. The molecule has 0 spiro atoms. The summed E-state index contributed by atoms with van der Waals surface area (Å²) in [6.45, 7) is 4.24. The smallest absolute Gasteiger partial charge is 0.321 e. The molecule has 0 heterocycles. The number of hydrogen-bond donors (Lipinski definition) is 0. The van der Waals surface area contributed by atoms with Gasteiger partial charge in [-0.1, -0.05) is 0 Å². The molecular formula is C10H19NO4. The van der Waals surface area contributed by atoms with Gasteiger partial charge < -0.3 is 14.4 Å². The average Bonchev–Trinajstić information content (AvgIpc) is 2.14. The summed E-state index contributed by atoms with van der Waals surface area (Å²) in [7, 11) is 3.57. The molecule has 0 fully saturated rings. The fraction of sp³-hybridized carbons (Fsp3) is 0.800. The second-order valence-corrected chi connectivity index (χ2v) is 3.32. The summed E-state index contributed by atoms with van der Waals surface area (Å²) >= 11 is 0. The van der Waals surface area contributed by atoms with Crippen LogP contribution in [0.15, 0.2) is 0 Å². The van der Waals surface area contributed by atoms with Gasteiger partial charge in [0.2, 0.25) is 0 Å². The molecule has 15 heavy (non-hydrogen) atoms. The Labute approximate surface area is 90.3 Å². The molecule has 0 bridgehead atoms. The molecule has 0 radical (unpaired) electrons. The third kappa shape index (κ3) is 5.37. The van der Waals surface area contributed by atoms with E-state index in [2.05, 4.69) is 0 Å². The molecule has 0 rings (SSSR count). The summed E-state index contributed by atoms with van der Waals surface area (Å²) in [6.07, 6.45) is 0. The second kappa shape index (κ2) is 7.23. The molecule has 0 aliphatic heterocycles. The zero-order chi connectivity index (χ0) is 11.8. The summed E-state index contributed by atoms with van der Waals surface area (Å²) in [5, 5.41) is 0. The number of esters is 2. The van der Waals surface area contributed by atoms with Gasteiger partial charge in [0.25, 0.3) is 0 Å². The minimum absolute atomic E-state index is 0.266. The van der Waals surface area contributed by atoms with Gasteiger partial charge in [-0.25, -0.2) is 0 Å². The highest BCUT2D eigenvalue weighted by Crippen LogP contribution is 2.05. The molecule has 0 unspecified atom stereocenters. The molecule has 0 aromatic rings. The number of ether oxygens (including phenoxy) is 2. The Bertz CT molecular complexity index is 197. The van der Waals surface area contributed by atoms with Gasteiger partial charge in [0.1, 0.15) is 0 Å². The van der Waals surface area contributed by atoms with Crippen molar-refractivity contribution in [1.29, 1.82) is 0 Å². The van der Waals surface area contributed by atoms with E-state index in [0.29, 0.717) is 6.54 Å². The second-order valence-electron chi connectivity index (χ2n) is 3.32. The summed E-state index contributed by atoms with van der Waals surface area (Å²) in [5.41, 5.74) is 0. The Kier molecular flexibility index (Phi) is 6.70. The van der Waals surface area contributed by atoms with E-state index < -0.39 is 17.9 Å². The normalized spacial score (nSPS) is 10.5. The van der Waals surface area contributed by atoms with Gasteiger partial charge in [0.15, 0.2) is 5.92 Å². The van der Waals surface area contributed by atoms with Gasteiger partial charge in [-0.2, -0.15) is 0 Å². The maximum Gasteiger partial charge on any atom is 0.321 e. The van der Waals surface area contributed by atoms with Crippen LogP contribution in [-0.2, 0) is 19.1 Å². The number of carbonyl (C=O) groups excluding carboxylic acids is 2. The van der Waals surface area contributed by atoms with Crippen LogP contribution in [0.25, 0.3) is 0 Å². The van der Waals surface area contributed by atoms with Crippen molar-refractivity contribution < 1.29 is 19.1 Å². The van der Waals surface area contributed by atoms with Crippen molar-refractivity contribution in [3.8, 4) is 0 Å². The van der Waals surface area contributed by atoms with E-state index in [1.54, 1.807) is 32.8 Å². The van der Waals surface area contributed by atoms with Crippen LogP contribution in [0.3, 0.4) is 0 Å². The van der Waals surface area contributed by atoms with Gasteiger partial charge in [-0.05, 0) is 27.9 Å². The Morgan fingerprint density at radius 2 is 1.47 bits per heavy atom. The quantitative estimate of drug-likeness (QED) is 0.473. The minimum atomic E-state index is -0.847. The highest BCUT2D eigenvalue weighted by Gasteiger charge is 2.29. The van der Waals surface area contributed by atoms with Crippen LogP contribution in [0.1, 0.15) is 13.8 Å². The predicted octanol–water partition coefficient (Wildman–Crippen LogP) is 0.290. The van der Waals surface area contributed by atoms with E-state index in [1.807, 2.05) is 0 Å². The molecule has 0 aromatic heterocycles. The van der Waals surface area contributed by atoms with Crippen molar-refractivity contribution in [2.24, 2.45) is 5.92 Å². The van der Waals surface area contributed by atoms with Gasteiger partial charge in [0, 0.05) is 6.54 Å². The van der Waals surface area contributed by atoms with Crippen LogP contribution in [0.4, 0.5) is 0 Å². The van der Waals surface area contributed by atoms with E-state index in [4.69, 9.17) is 9.47 Å². The molecule has 5 nitrogen and oxygen atoms in total. The van der Waals surface area contributed by atoms with Crippen LogP contribution in [-0.4, -0.2) is 50.7 Å². The summed E-state index contributed by atoms with van der Waals surface area (Å²) in [4.78, 5) is 24.6. The first-order valence-electron chi connectivity index (χ1n) is 5.00. The third-order valence-corrected chi connectivity index (χ3v) is 1.69. The topological polar surface area (TPSA) is 55.8 Å². The van der Waals surface area contributed by atoms with Crippen LogP contribution >= 0.6 is 0 Å². The standard InChI is InChI=1S/C10H19NO4/c1-5-14-9(12)8(7-11(3)4)10(13)15-6-2/h8H,5-7H2,1-4H3. The molecule has 0 aromatic carbocycles. The fourth-order valence-electron chi connectivity index (χ4n) is 1.10. The van der Waals surface area contributed by atoms with Gasteiger partial charge >= 0.3 is 11.9 Å². The lowest BCUT2D eigenvalue weighted by Gasteiger charge is -2.17. The van der Waals surface area contributed by atoms with Gasteiger partial charge in [-0.3, -0.25) is 9.59 Å². The summed E-state index contributed by atoms with van der Waals surface area (Å²) in [6, 6.07) is 0. The molecule has 0 saturated heterocycles. The molecule has 0 N–H and O–H groups in total. The van der Waals surface area contributed by atoms with Crippen LogP contribution in [0, 0.1) is 5.92 Å². The lowest BCUT2D eigenvalue weighted by Crippen LogP contribution is -2.36. The molecule has 5 heteroatoms. The Morgan fingerprint density at radius 3 is 1.73 bits per heavy atom. The van der Waals surface area contributed by atoms with Crippen molar-refractivity contribution in [3.05, 3.63) is 0 Å². The molecule has 0 aliphatic carbocycles. The molecule has 0 aliphatic rings.